The molecule has 0 aromatic carbocycles. The van der Waals surface area contributed by atoms with Crippen LogP contribution < -0.4 is 0 Å². The molecular formula is C13H19ClN2O. The lowest BCUT2D eigenvalue weighted by atomic mass is 10.0. The summed E-state index contributed by atoms with van der Waals surface area (Å²) in [6, 6.07) is 4.07. The molecule has 1 fully saturated rings. The van der Waals surface area contributed by atoms with E-state index >= 15 is 0 Å². The van der Waals surface area contributed by atoms with E-state index < -0.39 is 0 Å². The highest BCUT2D eigenvalue weighted by atomic mass is 35.5. The van der Waals surface area contributed by atoms with Crippen LogP contribution >= 0.6 is 11.6 Å². The van der Waals surface area contributed by atoms with Crippen molar-refractivity contribution in [3.8, 4) is 0 Å². The van der Waals surface area contributed by atoms with Crippen molar-refractivity contribution in [1.82, 2.24) is 9.88 Å². The lowest BCUT2D eigenvalue weighted by Crippen LogP contribution is -2.52. The van der Waals surface area contributed by atoms with Crippen molar-refractivity contribution in [1.29, 1.82) is 0 Å². The average Bonchev–Trinajstić information content (AvgIpc) is 2.28. The molecule has 1 saturated heterocycles. The van der Waals surface area contributed by atoms with E-state index in [0.29, 0.717) is 5.88 Å². The topological polar surface area (TPSA) is 25.4 Å². The number of morpholine rings is 1. The van der Waals surface area contributed by atoms with Gasteiger partial charge in [-0.1, -0.05) is 6.07 Å². The van der Waals surface area contributed by atoms with Crippen LogP contribution in [0.3, 0.4) is 0 Å². The molecule has 2 heterocycles. The van der Waals surface area contributed by atoms with Gasteiger partial charge in [0.1, 0.15) is 0 Å². The normalized spacial score (nSPS) is 24.8. The van der Waals surface area contributed by atoms with Crippen molar-refractivity contribution in [3.05, 3.63) is 30.1 Å². The van der Waals surface area contributed by atoms with E-state index in [1.54, 1.807) is 6.20 Å². The summed E-state index contributed by atoms with van der Waals surface area (Å²) in [5, 5.41) is 0. The van der Waals surface area contributed by atoms with Gasteiger partial charge in [-0.3, -0.25) is 9.88 Å². The van der Waals surface area contributed by atoms with Crippen LogP contribution in [0.1, 0.15) is 19.4 Å². The van der Waals surface area contributed by atoms with Crippen LogP contribution in [0.2, 0.25) is 0 Å². The molecule has 0 amide bonds. The maximum atomic E-state index is 5.91. The van der Waals surface area contributed by atoms with Gasteiger partial charge < -0.3 is 4.74 Å². The summed E-state index contributed by atoms with van der Waals surface area (Å²) in [5.41, 5.74) is 1.11. The number of hydrogen-bond donors (Lipinski definition) is 0. The molecule has 17 heavy (non-hydrogen) atoms. The van der Waals surface area contributed by atoms with E-state index in [9.17, 15) is 0 Å². The molecule has 94 valence electrons. The first-order valence-electron chi connectivity index (χ1n) is 5.94. The maximum Gasteiger partial charge on any atom is 0.0845 e. The molecule has 1 aliphatic heterocycles. The second-order valence-corrected chi connectivity index (χ2v) is 5.49. The third-order valence-electron chi connectivity index (χ3n) is 2.85. The molecule has 0 radical (unpaired) electrons. The minimum Gasteiger partial charge on any atom is -0.368 e. The Labute approximate surface area is 108 Å². The Kier molecular flexibility index (Phi) is 4.02. The average molecular weight is 255 g/mol. The summed E-state index contributed by atoms with van der Waals surface area (Å²) >= 11 is 5.91. The van der Waals surface area contributed by atoms with Crippen molar-refractivity contribution in [2.75, 3.05) is 19.0 Å². The van der Waals surface area contributed by atoms with Gasteiger partial charge in [0.2, 0.25) is 0 Å². The Balaban J connectivity index is 2.01. The fourth-order valence-corrected chi connectivity index (χ4v) is 2.53. The van der Waals surface area contributed by atoms with Gasteiger partial charge in [0, 0.05) is 37.9 Å². The molecule has 1 atom stereocenters. The smallest absolute Gasteiger partial charge is 0.0845 e. The largest absolute Gasteiger partial charge is 0.368 e. The maximum absolute atomic E-state index is 5.91. The Morgan fingerprint density at radius 2 is 2.41 bits per heavy atom. The predicted molar refractivity (Wildman–Crippen MR) is 69.2 cm³/mol. The van der Waals surface area contributed by atoms with Gasteiger partial charge in [-0.25, -0.2) is 0 Å². The number of aromatic nitrogens is 1. The van der Waals surface area contributed by atoms with E-state index in [0.717, 1.165) is 19.6 Å². The highest BCUT2D eigenvalue weighted by Gasteiger charge is 2.32. The van der Waals surface area contributed by atoms with Gasteiger partial charge in [0.15, 0.2) is 0 Å². The molecule has 2 rings (SSSR count). The third kappa shape index (κ3) is 3.66. The Morgan fingerprint density at radius 1 is 1.59 bits per heavy atom. The Bertz CT molecular complexity index is 356. The minimum atomic E-state index is -0.125. The van der Waals surface area contributed by atoms with E-state index in [4.69, 9.17) is 16.3 Å². The fourth-order valence-electron chi connectivity index (χ4n) is 2.37. The van der Waals surface area contributed by atoms with Crippen molar-refractivity contribution in [2.24, 2.45) is 0 Å². The van der Waals surface area contributed by atoms with Crippen LogP contribution in [-0.2, 0) is 11.3 Å². The van der Waals surface area contributed by atoms with E-state index in [1.165, 1.54) is 5.56 Å². The van der Waals surface area contributed by atoms with Gasteiger partial charge >= 0.3 is 0 Å². The zero-order valence-corrected chi connectivity index (χ0v) is 11.2. The van der Waals surface area contributed by atoms with Crippen LogP contribution in [0.4, 0.5) is 0 Å². The summed E-state index contributed by atoms with van der Waals surface area (Å²) in [5.74, 6) is 0.549. The zero-order valence-electron chi connectivity index (χ0n) is 10.4. The molecule has 0 bridgehead atoms. The van der Waals surface area contributed by atoms with Crippen LogP contribution in [-0.4, -0.2) is 40.6 Å². The number of ether oxygens (including phenoxy) is 1. The SMILES string of the molecule is CC1(C)CN(Cc2cccnc2)CC(CCl)O1. The molecule has 0 N–H and O–H groups in total. The highest BCUT2D eigenvalue weighted by molar-refractivity contribution is 6.18. The van der Waals surface area contributed by atoms with E-state index in [-0.39, 0.29) is 11.7 Å². The number of pyridine rings is 1. The molecule has 1 aliphatic rings. The standard InChI is InChI=1S/C13H19ClN2O/c1-13(2)10-16(9-12(6-14)17-13)8-11-4-3-5-15-7-11/h3-5,7,12H,6,8-10H2,1-2H3. The lowest BCUT2D eigenvalue weighted by molar-refractivity contribution is -0.129. The molecular weight excluding hydrogens is 236 g/mol. The second-order valence-electron chi connectivity index (χ2n) is 5.18. The van der Waals surface area contributed by atoms with Crippen LogP contribution in [0.25, 0.3) is 0 Å². The molecule has 3 nitrogen and oxygen atoms in total. The predicted octanol–water partition coefficient (Wildman–Crippen LogP) is 2.30. The van der Waals surface area contributed by atoms with Gasteiger partial charge in [-0.2, -0.15) is 0 Å². The van der Waals surface area contributed by atoms with E-state index in [2.05, 4.69) is 29.8 Å². The second kappa shape index (κ2) is 5.34. The first kappa shape index (κ1) is 12.8. The molecule has 1 unspecified atom stereocenters. The zero-order chi connectivity index (χ0) is 12.3. The van der Waals surface area contributed by atoms with Crippen LogP contribution in [0.5, 0.6) is 0 Å². The Hall–Kier alpha value is -0.640. The van der Waals surface area contributed by atoms with Crippen molar-refractivity contribution < 1.29 is 4.74 Å². The molecule has 0 spiro atoms. The fraction of sp³-hybridized carbons (Fsp3) is 0.615. The molecule has 1 aromatic heterocycles. The monoisotopic (exact) mass is 254 g/mol. The molecule has 0 aliphatic carbocycles. The Morgan fingerprint density at radius 3 is 3.06 bits per heavy atom. The number of halogens is 1. The lowest BCUT2D eigenvalue weighted by Gasteiger charge is -2.42. The summed E-state index contributed by atoms with van der Waals surface area (Å²) in [6.07, 6.45) is 3.84. The summed E-state index contributed by atoms with van der Waals surface area (Å²) in [4.78, 5) is 6.52. The first-order valence-corrected chi connectivity index (χ1v) is 6.47. The van der Waals surface area contributed by atoms with Crippen LogP contribution in [0, 0.1) is 0 Å². The van der Waals surface area contributed by atoms with Crippen molar-refractivity contribution >= 4 is 11.6 Å². The van der Waals surface area contributed by atoms with E-state index in [1.807, 2.05) is 12.3 Å². The number of rotatable bonds is 3. The number of alkyl halides is 1. The molecule has 0 saturated carbocycles. The first-order chi connectivity index (χ1) is 8.09. The highest BCUT2D eigenvalue weighted by Crippen LogP contribution is 2.22. The van der Waals surface area contributed by atoms with Gasteiger partial charge in [0.05, 0.1) is 11.7 Å². The third-order valence-corrected chi connectivity index (χ3v) is 3.20. The van der Waals surface area contributed by atoms with Gasteiger partial charge in [-0.15, -0.1) is 11.6 Å². The molecule has 1 aromatic rings. The minimum absolute atomic E-state index is 0.122. The summed E-state index contributed by atoms with van der Waals surface area (Å²) < 4.78 is 5.90. The van der Waals surface area contributed by atoms with Crippen LogP contribution in [0.15, 0.2) is 24.5 Å². The number of nitrogens with zero attached hydrogens (tertiary/aromatic N) is 2. The van der Waals surface area contributed by atoms with Crippen molar-refractivity contribution in [3.63, 3.8) is 0 Å². The summed E-state index contributed by atoms with van der Waals surface area (Å²) in [6.45, 7) is 6.95. The number of hydrogen-bond acceptors (Lipinski definition) is 3. The van der Waals surface area contributed by atoms with Gasteiger partial charge in [-0.05, 0) is 25.5 Å². The quantitative estimate of drug-likeness (QED) is 0.774. The van der Waals surface area contributed by atoms with Crippen molar-refractivity contribution in [2.45, 2.75) is 32.1 Å². The molecule has 4 heteroatoms. The van der Waals surface area contributed by atoms with Gasteiger partial charge in [0.25, 0.3) is 0 Å². The summed E-state index contributed by atoms with van der Waals surface area (Å²) in [7, 11) is 0.